The molecule has 0 radical (unpaired) electrons. The Labute approximate surface area is 167 Å². The third-order valence-electron chi connectivity index (χ3n) is 4.18. The Morgan fingerprint density at radius 2 is 1.89 bits per heavy atom. The third kappa shape index (κ3) is 5.13. The van der Waals surface area contributed by atoms with Crippen molar-refractivity contribution in [3.63, 3.8) is 0 Å². The number of amides is 1. The second-order valence-electron chi connectivity index (χ2n) is 6.58. The number of carbonyl (C=O) groups excluding carboxylic acids is 3. The van der Waals surface area contributed by atoms with E-state index < -0.39 is 18.0 Å². The van der Waals surface area contributed by atoms with Crippen molar-refractivity contribution >= 4 is 35.3 Å². The Bertz CT molecular complexity index is 881. The lowest BCUT2D eigenvalue weighted by molar-refractivity contribution is -0.147. The first-order valence-corrected chi connectivity index (χ1v) is 9.91. The monoisotopic (exact) mass is 399 g/mol. The first-order valence-electron chi connectivity index (χ1n) is 8.92. The van der Waals surface area contributed by atoms with E-state index in [4.69, 9.17) is 9.47 Å². The molecule has 2 atom stereocenters. The number of carbonyl (C=O) groups is 3. The molecule has 0 aromatic heterocycles. The quantitative estimate of drug-likeness (QED) is 0.591. The molecule has 2 aromatic rings. The predicted molar refractivity (Wildman–Crippen MR) is 106 cm³/mol. The standard InChI is InChI=1S/C21H21NO5S/c1-13-7-9-15(10-8-13)22-19(23)12-28-18-6-4-3-5-16(18)20(24)27-17-11-14(2)26-21(17)25/h3-10,14,17H,11-12H2,1-2H3,(H,22,23)/t14-,17-/m1/s1. The predicted octanol–water partition coefficient (Wildman–Crippen LogP) is 3.59. The van der Waals surface area contributed by atoms with E-state index >= 15 is 0 Å². The van der Waals surface area contributed by atoms with Gasteiger partial charge in [-0.3, -0.25) is 4.79 Å². The SMILES string of the molecule is Cc1ccc(NC(=O)CSc2ccccc2C(=O)O[C@@H]2C[C@@H](C)OC2=O)cc1. The lowest BCUT2D eigenvalue weighted by Crippen LogP contribution is -2.23. The number of anilines is 1. The maximum absolute atomic E-state index is 12.5. The van der Waals surface area contributed by atoms with Crippen molar-refractivity contribution in [2.75, 3.05) is 11.1 Å². The number of thioether (sulfide) groups is 1. The van der Waals surface area contributed by atoms with Gasteiger partial charge in [0, 0.05) is 17.0 Å². The number of ether oxygens (including phenoxy) is 2. The van der Waals surface area contributed by atoms with Gasteiger partial charge in [-0.25, -0.2) is 9.59 Å². The molecule has 2 aromatic carbocycles. The van der Waals surface area contributed by atoms with Gasteiger partial charge in [-0.05, 0) is 38.1 Å². The van der Waals surface area contributed by atoms with E-state index in [9.17, 15) is 14.4 Å². The zero-order valence-electron chi connectivity index (χ0n) is 15.6. The molecule has 1 aliphatic heterocycles. The fraction of sp³-hybridized carbons (Fsp3) is 0.286. The molecule has 6 nitrogen and oxygen atoms in total. The van der Waals surface area contributed by atoms with Crippen LogP contribution in [0.5, 0.6) is 0 Å². The number of cyclic esters (lactones) is 1. The van der Waals surface area contributed by atoms with Gasteiger partial charge in [0.1, 0.15) is 6.10 Å². The topological polar surface area (TPSA) is 81.7 Å². The minimum Gasteiger partial charge on any atom is -0.460 e. The van der Waals surface area contributed by atoms with E-state index in [2.05, 4.69) is 5.32 Å². The molecule has 3 rings (SSSR count). The summed E-state index contributed by atoms with van der Waals surface area (Å²) in [7, 11) is 0. The molecule has 28 heavy (non-hydrogen) atoms. The number of hydrogen-bond acceptors (Lipinski definition) is 6. The number of rotatable bonds is 6. The van der Waals surface area contributed by atoms with Crippen LogP contribution in [0.15, 0.2) is 53.4 Å². The van der Waals surface area contributed by atoms with Crippen LogP contribution in [0.3, 0.4) is 0 Å². The van der Waals surface area contributed by atoms with E-state index in [-0.39, 0.29) is 17.8 Å². The molecule has 0 bridgehead atoms. The summed E-state index contributed by atoms with van der Waals surface area (Å²) in [5, 5.41) is 2.82. The first kappa shape index (κ1) is 19.9. The largest absolute Gasteiger partial charge is 0.460 e. The van der Waals surface area contributed by atoms with E-state index in [1.165, 1.54) is 11.8 Å². The van der Waals surface area contributed by atoms with Gasteiger partial charge in [0.25, 0.3) is 0 Å². The van der Waals surface area contributed by atoms with Gasteiger partial charge in [-0.2, -0.15) is 0 Å². The summed E-state index contributed by atoms with van der Waals surface area (Å²) < 4.78 is 10.3. The zero-order valence-corrected chi connectivity index (χ0v) is 16.5. The van der Waals surface area contributed by atoms with Gasteiger partial charge in [-0.1, -0.05) is 29.8 Å². The molecule has 1 heterocycles. The molecule has 7 heteroatoms. The average molecular weight is 399 g/mol. The molecule has 0 unspecified atom stereocenters. The minimum atomic E-state index is -0.884. The maximum atomic E-state index is 12.5. The smallest absolute Gasteiger partial charge is 0.347 e. The fourth-order valence-corrected chi connectivity index (χ4v) is 3.59. The normalized spacial score (nSPS) is 18.4. The van der Waals surface area contributed by atoms with Crippen LogP contribution < -0.4 is 5.32 Å². The number of esters is 2. The van der Waals surface area contributed by atoms with E-state index in [0.717, 1.165) is 11.3 Å². The molecular formula is C21H21NO5S. The summed E-state index contributed by atoms with van der Waals surface area (Å²) in [6.45, 7) is 3.73. The summed E-state index contributed by atoms with van der Waals surface area (Å²) >= 11 is 1.24. The van der Waals surface area contributed by atoms with E-state index in [1.807, 2.05) is 31.2 Å². The van der Waals surface area contributed by atoms with Crippen molar-refractivity contribution in [3.8, 4) is 0 Å². The highest BCUT2D eigenvalue weighted by Gasteiger charge is 2.35. The second kappa shape index (κ2) is 8.93. The molecule has 1 amide bonds. The highest BCUT2D eigenvalue weighted by atomic mass is 32.2. The van der Waals surface area contributed by atoms with Gasteiger partial charge in [-0.15, -0.1) is 11.8 Å². The van der Waals surface area contributed by atoms with Crippen molar-refractivity contribution in [2.45, 2.75) is 37.4 Å². The number of nitrogens with one attached hydrogen (secondary N) is 1. The van der Waals surface area contributed by atoms with Crippen LogP contribution in [0.25, 0.3) is 0 Å². The van der Waals surface area contributed by atoms with Crippen LogP contribution in [0.1, 0.15) is 29.3 Å². The van der Waals surface area contributed by atoms with Gasteiger partial charge in [0.05, 0.1) is 11.3 Å². The summed E-state index contributed by atoms with van der Waals surface area (Å²) in [6, 6.07) is 14.4. The second-order valence-corrected chi connectivity index (χ2v) is 7.59. The zero-order chi connectivity index (χ0) is 20.1. The Morgan fingerprint density at radius 1 is 1.18 bits per heavy atom. The van der Waals surface area contributed by atoms with Crippen LogP contribution in [0.4, 0.5) is 5.69 Å². The van der Waals surface area contributed by atoms with Crippen molar-refractivity contribution in [2.24, 2.45) is 0 Å². The van der Waals surface area contributed by atoms with Gasteiger partial charge < -0.3 is 14.8 Å². The number of aryl methyl sites for hydroxylation is 1. The number of hydrogen-bond donors (Lipinski definition) is 1. The molecule has 146 valence electrons. The Hall–Kier alpha value is -2.80. The molecule has 1 saturated heterocycles. The molecule has 1 fully saturated rings. The third-order valence-corrected chi connectivity index (χ3v) is 5.25. The number of benzene rings is 2. The summed E-state index contributed by atoms with van der Waals surface area (Å²) in [4.78, 5) is 37.0. The highest BCUT2D eigenvalue weighted by Crippen LogP contribution is 2.26. The summed E-state index contributed by atoms with van der Waals surface area (Å²) in [6.07, 6.45) is -0.801. The molecule has 0 aliphatic carbocycles. The minimum absolute atomic E-state index is 0.140. The van der Waals surface area contributed by atoms with E-state index in [0.29, 0.717) is 16.9 Å². The molecule has 0 saturated carbocycles. The maximum Gasteiger partial charge on any atom is 0.347 e. The van der Waals surface area contributed by atoms with Gasteiger partial charge in [0.2, 0.25) is 12.0 Å². The van der Waals surface area contributed by atoms with E-state index in [1.54, 1.807) is 31.2 Å². The summed E-state index contributed by atoms with van der Waals surface area (Å²) in [5.41, 5.74) is 2.15. The van der Waals surface area contributed by atoms with Crippen LogP contribution in [-0.4, -0.2) is 35.8 Å². The first-order chi connectivity index (χ1) is 13.4. The molecular weight excluding hydrogens is 378 g/mol. The molecule has 1 aliphatic rings. The van der Waals surface area contributed by atoms with Crippen molar-refractivity contribution in [3.05, 3.63) is 59.7 Å². The average Bonchev–Trinajstić information content (AvgIpc) is 2.99. The lowest BCUT2D eigenvalue weighted by Gasteiger charge is -2.12. The fourth-order valence-electron chi connectivity index (χ4n) is 2.75. The lowest BCUT2D eigenvalue weighted by atomic mass is 10.2. The Morgan fingerprint density at radius 3 is 2.57 bits per heavy atom. The Kier molecular flexibility index (Phi) is 6.36. The van der Waals surface area contributed by atoms with Crippen molar-refractivity contribution in [1.82, 2.24) is 0 Å². The van der Waals surface area contributed by atoms with Crippen molar-refractivity contribution in [1.29, 1.82) is 0 Å². The van der Waals surface area contributed by atoms with Crippen LogP contribution in [0, 0.1) is 6.92 Å². The molecule has 0 spiro atoms. The summed E-state index contributed by atoms with van der Waals surface area (Å²) in [5.74, 6) is -1.16. The van der Waals surface area contributed by atoms with Gasteiger partial charge >= 0.3 is 11.9 Å². The van der Waals surface area contributed by atoms with Crippen LogP contribution in [-0.2, 0) is 19.1 Å². The highest BCUT2D eigenvalue weighted by molar-refractivity contribution is 8.00. The van der Waals surface area contributed by atoms with Gasteiger partial charge in [0.15, 0.2) is 0 Å². The van der Waals surface area contributed by atoms with Crippen molar-refractivity contribution < 1.29 is 23.9 Å². The van der Waals surface area contributed by atoms with Crippen LogP contribution >= 0.6 is 11.8 Å². The molecule has 1 N–H and O–H groups in total. The Balaban J connectivity index is 1.60. The van der Waals surface area contributed by atoms with Crippen LogP contribution in [0.2, 0.25) is 0 Å².